The molecule has 2 N–H and O–H groups in total. The van der Waals surface area contributed by atoms with Crippen LogP contribution in [0.25, 0.3) is 0 Å². The van der Waals surface area contributed by atoms with Crippen LogP contribution in [0, 0.1) is 5.92 Å². The lowest BCUT2D eigenvalue weighted by atomic mass is 10.1. The second kappa shape index (κ2) is 5.98. The van der Waals surface area contributed by atoms with Crippen LogP contribution in [0.15, 0.2) is 30.3 Å². The van der Waals surface area contributed by atoms with E-state index in [1.807, 2.05) is 35.2 Å². The molecule has 18 heavy (non-hydrogen) atoms. The third kappa shape index (κ3) is 3.09. The molecule has 2 unspecified atom stereocenters. The van der Waals surface area contributed by atoms with E-state index < -0.39 is 6.04 Å². The van der Waals surface area contributed by atoms with E-state index in [1.54, 1.807) is 0 Å². The number of aliphatic hydroxyl groups is 1. The van der Waals surface area contributed by atoms with E-state index in [9.17, 15) is 9.90 Å². The Balaban J connectivity index is 2.11. The van der Waals surface area contributed by atoms with Gasteiger partial charge in [-0.25, -0.2) is 0 Å². The average Bonchev–Trinajstić information content (AvgIpc) is 2.51. The molecule has 2 rings (SSSR count). The third-order valence-corrected chi connectivity index (χ3v) is 3.25. The zero-order valence-electron chi connectivity index (χ0n) is 10.7. The molecule has 1 aromatic carbocycles. The Morgan fingerprint density at radius 2 is 2.11 bits per heavy atom. The van der Waals surface area contributed by atoms with Crippen LogP contribution in [0.2, 0.25) is 0 Å². The van der Waals surface area contributed by atoms with Gasteiger partial charge in [-0.05, 0) is 11.5 Å². The minimum atomic E-state index is -0.460. The van der Waals surface area contributed by atoms with Crippen LogP contribution >= 0.6 is 0 Å². The molecule has 4 heteroatoms. The molecule has 4 nitrogen and oxygen atoms in total. The van der Waals surface area contributed by atoms with Crippen molar-refractivity contribution in [1.82, 2.24) is 10.2 Å². The van der Waals surface area contributed by atoms with Gasteiger partial charge in [-0.2, -0.15) is 0 Å². The maximum Gasteiger partial charge on any atom is 0.242 e. The number of carbonyl (C=O) groups excluding carboxylic acids is 1. The number of nitrogens with zero attached hydrogens (tertiary/aromatic N) is 1. The van der Waals surface area contributed by atoms with Gasteiger partial charge in [-0.15, -0.1) is 0 Å². The van der Waals surface area contributed by atoms with Crippen LogP contribution in [0.4, 0.5) is 0 Å². The van der Waals surface area contributed by atoms with E-state index in [2.05, 4.69) is 12.2 Å². The summed E-state index contributed by atoms with van der Waals surface area (Å²) in [6.07, 6.45) is 0. The van der Waals surface area contributed by atoms with E-state index in [4.69, 9.17) is 0 Å². The van der Waals surface area contributed by atoms with Crippen molar-refractivity contribution in [3.05, 3.63) is 35.9 Å². The fourth-order valence-corrected chi connectivity index (χ4v) is 2.27. The Kier molecular flexibility index (Phi) is 4.33. The van der Waals surface area contributed by atoms with E-state index in [-0.39, 0.29) is 12.5 Å². The van der Waals surface area contributed by atoms with Gasteiger partial charge in [0.25, 0.3) is 0 Å². The van der Waals surface area contributed by atoms with Gasteiger partial charge in [0.1, 0.15) is 6.04 Å². The largest absolute Gasteiger partial charge is 0.394 e. The van der Waals surface area contributed by atoms with E-state index in [1.165, 1.54) is 0 Å². The maximum absolute atomic E-state index is 12.2. The van der Waals surface area contributed by atoms with Crippen molar-refractivity contribution >= 4 is 5.91 Å². The summed E-state index contributed by atoms with van der Waals surface area (Å²) in [5.74, 6) is 0.389. The highest BCUT2D eigenvalue weighted by molar-refractivity contribution is 5.82. The lowest BCUT2D eigenvalue weighted by Gasteiger charge is -2.24. The predicted octanol–water partition coefficient (Wildman–Crippen LogP) is 0.615. The topological polar surface area (TPSA) is 52.6 Å². The second-order valence-corrected chi connectivity index (χ2v) is 4.95. The zero-order chi connectivity index (χ0) is 13.0. The molecule has 1 saturated heterocycles. The lowest BCUT2D eigenvalue weighted by Crippen LogP contribution is -2.45. The summed E-state index contributed by atoms with van der Waals surface area (Å²) < 4.78 is 0. The number of aliphatic hydroxyl groups excluding tert-OH is 1. The quantitative estimate of drug-likeness (QED) is 0.824. The fourth-order valence-electron chi connectivity index (χ4n) is 2.27. The average molecular weight is 248 g/mol. The molecule has 1 amide bonds. The third-order valence-electron chi connectivity index (χ3n) is 3.25. The number of hydrogen-bond acceptors (Lipinski definition) is 3. The van der Waals surface area contributed by atoms with Gasteiger partial charge >= 0.3 is 0 Å². The number of rotatable bonds is 3. The van der Waals surface area contributed by atoms with Crippen LogP contribution < -0.4 is 5.32 Å². The molecular formula is C14H20N2O2. The molecule has 0 spiro atoms. The monoisotopic (exact) mass is 248 g/mol. The van der Waals surface area contributed by atoms with E-state index in [0.717, 1.165) is 18.7 Å². The Morgan fingerprint density at radius 1 is 1.39 bits per heavy atom. The molecule has 0 aliphatic carbocycles. The predicted molar refractivity (Wildman–Crippen MR) is 69.9 cm³/mol. The molecule has 1 aromatic rings. The van der Waals surface area contributed by atoms with Crippen LogP contribution in [0.1, 0.15) is 12.5 Å². The molecule has 2 atom stereocenters. The number of carbonyl (C=O) groups is 1. The Bertz CT molecular complexity index is 394. The first-order valence-corrected chi connectivity index (χ1v) is 6.37. The number of nitrogens with one attached hydrogen (secondary N) is 1. The molecular weight excluding hydrogens is 228 g/mol. The van der Waals surface area contributed by atoms with Gasteiger partial charge in [0, 0.05) is 19.6 Å². The fraction of sp³-hybridized carbons (Fsp3) is 0.500. The second-order valence-electron chi connectivity index (χ2n) is 4.95. The van der Waals surface area contributed by atoms with Gasteiger partial charge in [0.15, 0.2) is 0 Å². The summed E-state index contributed by atoms with van der Waals surface area (Å²) in [5, 5.41) is 12.4. The molecule has 1 aliphatic rings. The molecule has 0 radical (unpaired) electrons. The van der Waals surface area contributed by atoms with E-state index >= 15 is 0 Å². The number of amides is 1. The Hall–Kier alpha value is -1.39. The Labute approximate surface area is 108 Å². The molecule has 98 valence electrons. The van der Waals surface area contributed by atoms with Crippen LogP contribution in [0.5, 0.6) is 0 Å². The molecule has 0 aromatic heterocycles. The highest BCUT2D eigenvalue weighted by Crippen LogP contribution is 2.12. The number of benzene rings is 1. The summed E-state index contributed by atoms with van der Waals surface area (Å²) >= 11 is 0. The standard InChI is InChI=1S/C14H20N2O2/c1-11-7-15-13(10-17)14(18)16(8-11)9-12-5-3-2-4-6-12/h2-6,11,13,15,17H,7-10H2,1H3. The zero-order valence-corrected chi connectivity index (χ0v) is 10.7. The smallest absolute Gasteiger partial charge is 0.242 e. The molecule has 0 saturated carbocycles. The van der Waals surface area contributed by atoms with Crippen molar-refractivity contribution in [3.63, 3.8) is 0 Å². The first-order chi connectivity index (χ1) is 8.70. The summed E-state index contributed by atoms with van der Waals surface area (Å²) in [7, 11) is 0. The van der Waals surface area contributed by atoms with Gasteiger partial charge in [0.05, 0.1) is 6.61 Å². The van der Waals surface area contributed by atoms with Gasteiger partial charge in [0.2, 0.25) is 5.91 Å². The van der Waals surface area contributed by atoms with Crippen molar-refractivity contribution in [1.29, 1.82) is 0 Å². The van der Waals surface area contributed by atoms with Crippen LogP contribution in [-0.4, -0.2) is 41.7 Å². The SMILES string of the molecule is CC1CNC(CO)C(=O)N(Cc2ccccc2)C1. The van der Waals surface area contributed by atoms with Crippen molar-refractivity contribution in [2.45, 2.75) is 19.5 Å². The van der Waals surface area contributed by atoms with Crippen molar-refractivity contribution in [2.75, 3.05) is 19.7 Å². The maximum atomic E-state index is 12.2. The van der Waals surface area contributed by atoms with Crippen molar-refractivity contribution in [2.24, 2.45) is 5.92 Å². The highest BCUT2D eigenvalue weighted by Gasteiger charge is 2.28. The summed E-state index contributed by atoms with van der Waals surface area (Å²) in [5.41, 5.74) is 1.12. The van der Waals surface area contributed by atoms with Crippen LogP contribution in [0.3, 0.4) is 0 Å². The van der Waals surface area contributed by atoms with Gasteiger partial charge in [-0.3, -0.25) is 4.79 Å². The first kappa shape index (κ1) is 13.1. The van der Waals surface area contributed by atoms with E-state index in [0.29, 0.717) is 12.5 Å². The minimum Gasteiger partial charge on any atom is -0.394 e. The molecule has 1 fully saturated rings. The normalized spacial score (nSPS) is 25.0. The van der Waals surface area contributed by atoms with Crippen molar-refractivity contribution < 1.29 is 9.90 Å². The summed E-state index contributed by atoms with van der Waals surface area (Å²) in [4.78, 5) is 14.1. The summed E-state index contributed by atoms with van der Waals surface area (Å²) in [6.45, 7) is 4.08. The van der Waals surface area contributed by atoms with Crippen molar-refractivity contribution in [3.8, 4) is 0 Å². The van der Waals surface area contributed by atoms with Gasteiger partial charge in [-0.1, -0.05) is 37.3 Å². The van der Waals surface area contributed by atoms with Gasteiger partial charge < -0.3 is 15.3 Å². The molecule has 1 aliphatic heterocycles. The first-order valence-electron chi connectivity index (χ1n) is 6.37. The Morgan fingerprint density at radius 3 is 2.78 bits per heavy atom. The van der Waals surface area contributed by atoms with Crippen LogP contribution in [-0.2, 0) is 11.3 Å². The lowest BCUT2D eigenvalue weighted by molar-refractivity contribution is -0.134. The minimum absolute atomic E-state index is 0.00861. The highest BCUT2D eigenvalue weighted by atomic mass is 16.3. The molecule has 0 bridgehead atoms. The molecule has 1 heterocycles. The number of hydrogen-bond donors (Lipinski definition) is 2. The summed E-state index contributed by atoms with van der Waals surface area (Å²) in [6, 6.07) is 9.49.